The van der Waals surface area contributed by atoms with Gasteiger partial charge in [0.1, 0.15) is 5.69 Å². The van der Waals surface area contributed by atoms with Crippen molar-refractivity contribution in [3.63, 3.8) is 0 Å². The van der Waals surface area contributed by atoms with Crippen molar-refractivity contribution in [2.75, 3.05) is 13.2 Å². The molecule has 0 unspecified atom stereocenters. The number of hydrogen-bond acceptors (Lipinski definition) is 4. The molecule has 2 N–H and O–H groups in total. The lowest BCUT2D eigenvalue weighted by Gasteiger charge is -2.14. The molecule has 0 saturated heterocycles. The third kappa shape index (κ3) is 3.16. The highest BCUT2D eigenvalue weighted by Crippen LogP contribution is 2.35. The standard InChI is InChI=1S/C15H18N2O4/c1-4-20-13-6-9(3)10(7-14(13)21-5-2)11-8-12(15(18)19)17-16-11/h6-8H,4-5H2,1-3H3,(H,16,17)(H,18,19). The van der Waals surface area contributed by atoms with Crippen LogP contribution in [0.15, 0.2) is 18.2 Å². The summed E-state index contributed by atoms with van der Waals surface area (Å²) in [6.45, 7) is 6.79. The number of carboxylic acids is 1. The Morgan fingerprint density at radius 2 is 1.81 bits per heavy atom. The average molecular weight is 290 g/mol. The third-order valence-electron chi connectivity index (χ3n) is 2.97. The van der Waals surface area contributed by atoms with Crippen molar-refractivity contribution >= 4 is 5.97 Å². The van der Waals surface area contributed by atoms with Crippen LogP contribution in [0.3, 0.4) is 0 Å². The highest BCUT2D eigenvalue weighted by Gasteiger charge is 2.15. The summed E-state index contributed by atoms with van der Waals surface area (Å²) in [5.74, 6) is 0.261. The Hall–Kier alpha value is -2.50. The predicted octanol–water partition coefficient (Wildman–Crippen LogP) is 2.88. The summed E-state index contributed by atoms with van der Waals surface area (Å²) in [5.41, 5.74) is 2.36. The van der Waals surface area contributed by atoms with E-state index < -0.39 is 5.97 Å². The second-order valence-corrected chi connectivity index (χ2v) is 4.45. The van der Waals surface area contributed by atoms with Crippen LogP contribution in [0.5, 0.6) is 11.5 Å². The Kier molecular flexibility index (Phi) is 4.47. The summed E-state index contributed by atoms with van der Waals surface area (Å²) in [6.07, 6.45) is 0. The Morgan fingerprint density at radius 1 is 1.19 bits per heavy atom. The second kappa shape index (κ2) is 6.30. The van der Waals surface area contributed by atoms with E-state index in [1.54, 1.807) is 0 Å². The van der Waals surface area contributed by atoms with Crippen LogP contribution >= 0.6 is 0 Å². The van der Waals surface area contributed by atoms with Gasteiger partial charge in [0.15, 0.2) is 11.5 Å². The van der Waals surface area contributed by atoms with Gasteiger partial charge in [0.05, 0.1) is 18.9 Å². The number of hydrogen-bond donors (Lipinski definition) is 2. The number of aryl methyl sites for hydroxylation is 1. The fourth-order valence-electron chi connectivity index (χ4n) is 2.04. The Morgan fingerprint density at radius 3 is 2.33 bits per heavy atom. The zero-order valence-electron chi connectivity index (χ0n) is 12.3. The molecule has 0 spiro atoms. The number of ether oxygens (including phenoxy) is 2. The Bertz CT molecular complexity index is 649. The van der Waals surface area contributed by atoms with Gasteiger partial charge in [-0.1, -0.05) is 0 Å². The van der Waals surface area contributed by atoms with Gasteiger partial charge in [0.2, 0.25) is 0 Å². The summed E-state index contributed by atoms with van der Waals surface area (Å²) in [6, 6.07) is 5.20. The molecule has 0 aliphatic heterocycles. The smallest absolute Gasteiger partial charge is 0.353 e. The molecule has 1 heterocycles. The molecule has 0 aliphatic carbocycles. The maximum absolute atomic E-state index is 10.9. The van der Waals surface area contributed by atoms with Crippen molar-refractivity contribution in [2.24, 2.45) is 0 Å². The number of aromatic nitrogens is 2. The molecule has 0 fully saturated rings. The van der Waals surface area contributed by atoms with Gasteiger partial charge in [-0.3, -0.25) is 5.10 Å². The minimum atomic E-state index is -1.04. The summed E-state index contributed by atoms with van der Waals surface area (Å²) >= 11 is 0. The molecular formula is C15H18N2O4. The summed E-state index contributed by atoms with van der Waals surface area (Å²) in [4.78, 5) is 10.9. The zero-order chi connectivity index (χ0) is 15.4. The predicted molar refractivity (Wildman–Crippen MR) is 78.1 cm³/mol. The van der Waals surface area contributed by atoms with Crippen LogP contribution in [0, 0.1) is 6.92 Å². The van der Waals surface area contributed by atoms with Crippen molar-refractivity contribution in [3.05, 3.63) is 29.5 Å². The molecule has 112 valence electrons. The number of carbonyl (C=O) groups is 1. The van der Waals surface area contributed by atoms with Crippen LogP contribution in [0.2, 0.25) is 0 Å². The summed E-state index contributed by atoms with van der Waals surface area (Å²) in [5, 5.41) is 15.5. The van der Waals surface area contributed by atoms with Crippen molar-refractivity contribution in [1.29, 1.82) is 0 Å². The quantitative estimate of drug-likeness (QED) is 0.854. The fraction of sp³-hybridized carbons (Fsp3) is 0.333. The lowest BCUT2D eigenvalue weighted by molar-refractivity contribution is 0.0690. The molecule has 6 heteroatoms. The van der Waals surface area contributed by atoms with E-state index in [0.717, 1.165) is 11.1 Å². The van der Waals surface area contributed by atoms with E-state index in [2.05, 4.69) is 10.2 Å². The highest BCUT2D eigenvalue weighted by molar-refractivity contribution is 5.87. The normalized spacial score (nSPS) is 10.4. The van der Waals surface area contributed by atoms with Crippen LogP contribution in [-0.4, -0.2) is 34.5 Å². The number of nitrogens with zero attached hydrogens (tertiary/aromatic N) is 1. The maximum Gasteiger partial charge on any atom is 0.353 e. The Labute approximate surface area is 122 Å². The molecule has 0 bridgehead atoms. The molecule has 0 amide bonds. The van der Waals surface area contributed by atoms with E-state index in [4.69, 9.17) is 14.6 Å². The minimum Gasteiger partial charge on any atom is -0.490 e. The van der Waals surface area contributed by atoms with E-state index in [9.17, 15) is 4.79 Å². The first-order valence-electron chi connectivity index (χ1n) is 6.76. The van der Waals surface area contributed by atoms with E-state index in [1.807, 2.05) is 32.9 Å². The molecule has 0 aliphatic rings. The van der Waals surface area contributed by atoms with E-state index in [0.29, 0.717) is 30.4 Å². The van der Waals surface area contributed by atoms with Gasteiger partial charge < -0.3 is 14.6 Å². The summed E-state index contributed by atoms with van der Waals surface area (Å²) < 4.78 is 11.1. The molecule has 0 radical (unpaired) electrons. The lowest BCUT2D eigenvalue weighted by Crippen LogP contribution is -2.00. The number of aromatic amines is 1. The van der Waals surface area contributed by atoms with Gasteiger partial charge in [-0.25, -0.2) is 4.79 Å². The SMILES string of the molecule is CCOc1cc(C)c(-c2cc(C(=O)O)[nH]n2)cc1OCC. The Balaban J connectivity index is 2.47. The first kappa shape index (κ1) is 14.9. The topological polar surface area (TPSA) is 84.4 Å². The van der Waals surface area contributed by atoms with Crippen LogP contribution in [-0.2, 0) is 0 Å². The molecule has 1 aromatic heterocycles. The van der Waals surface area contributed by atoms with E-state index in [1.165, 1.54) is 6.07 Å². The number of H-pyrrole nitrogens is 1. The molecule has 1 aromatic carbocycles. The number of benzene rings is 1. The molecule has 2 aromatic rings. The first-order valence-corrected chi connectivity index (χ1v) is 6.76. The highest BCUT2D eigenvalue weighted by atomic mass is 16.5. The van der Waals surface area contributed by atoms with Crippen molar-refractivity contribution in [1.82, 2.24) is 10.2 Å². The van der Waals surface area contributed by atoms with E-state index in [-0.39, 0.29) is 5.69 Å². The minimum absolute atomic E-state index is 0.0521. The van der Waals surface area contributed by atoms with Crippen LogP contribution in [0.4, 0.5) is 0 Å². The lowest BCUT2D eigenvalue weighted by atomic mass is 10.0. The van der Waals surface area contributed by atoms with Gasteiger partial charge in [0, 0.05) is 5.56 Å². The largest absolute Gasteiger partial charge is 0.490 e. The zero-order valence-corrected chi connectivity index (χ0v) is 12.3. The second-order valence-electron chi connectivity index (χ2n) is 4.45. The number of nitrogens with one attached hydrogen (secondary N) is 1. The molecule has 0 atom stereocenters. The van der Waals surface area contributed by atoms with Crippen molar-refractivity contribution in [3.8, 4) is 22.8 Å². The van der Waals surface area contributed by atoms with Crippen LogP contribution < -0.4 is 9.47 Å². The summed E-state index contributed by atoms with van der Waals surface area (Å²) in [7, 11) is 0. The van der Waals surface area contributed by atoms with Gasteiger partial charge >= 0.3 is 5.97 Å². The fourth-order valence-corrected chi connectivity index (χ4v) is 2.04. The molecule has 2 rings (SSSR count). The molecule has 6 nitrogen and oxygen atoms in total. The average Bonchev–Trinajstić information content (AvgIpc) is 2.92. The van der Waals surface area contributed by atoms with Gasteiger partial charge in [0.25, 0.3) is 0 Å². The van der Waals surface area contributed by atoms with Crippen molar-refractivity contribution in [2.45, 2.75) is 20.8 Å². The number of rotatable bonds is 6. The van der Waals surface area contributed by atoms with Crippen LogP contribution in [0.1, 0.15) is 29.9 Å². The molecule has 21 heavy (non-hydrogen) atoms. The van der Waals surface area contributed by atoms with E-state index >= 15 is 0 Å². The van der Waals surface area contributed by atoms with Gasteiger partial charge in [-0.05, 0) is 44.5 Å². The molecule has 0 saturated carbocycles. The van der Waals surface area contributed by atoms with Crippen molar-refractivity contribution < 1.29 is 19.4 Å². The van der Waals surface area contributed by atoms with Gasteiger partial charge in [-0.15, -0.1) is 0 Å². The number of carboxylic acid groups (broad SMARTS) is 1. The first-order chi connectivity index (χ1) is 10.1. The van der Waals surface area contributed by atoms with Crippen LogP contribution in [0.25, 0.3) is 11.3 Å². The maximum atomic E-state index is 10.9. The monoisotopic (exact) mass is 290 g/mol. The number of aromatic carboxylic acids is 1. The third-order valence-corrected chi connectivity index (χ3v) is 2.97. The van der Waals surface area contributed by atoms with Gasteiger partial charge in [-0.2, -0.15) is 5.10 Å². The molecular weight excluding hydrogens is 272 g/mol.